The molecule has 1 aromatic carbocycles. The molecule has 1 N–H and O–H groups in total. The number of benzene rings is 1. The quantitative estimate of drug-likeness (QED) is 0.857. The van der Waals surface area contributed by atoms with Crippen LogP contribution in [0.25, 0.3) is 0 Å². The summed E-state index contributed by atoms with van der Waals surface area (Å²) in [6.07, 6.45) is 0. The average Bonchev–Trinajstić information content (AvgIpc) is 2.54. The molecule has 1 fully saturated rings. The lowest BCUT2D eigenvalue weighted by molar-refractivity contribution is -0.124. The van der Waals surface area contributed by atoms with Crippen molar-refractivity contribution in [3.8, 4) is 11.5 Å². The van der Waals surface area contributed by atoms with Crippen molar-refractivity contribution in [3.63, 3.8) is 0 Å². The van der Waals surface area contributed by atoms with Crippen LogP contribution in [0.5, 0.6) is 11.5 Å². The highest BCUT2D eigenvalue weighted by molar-refractivity contribution is 5.79. The monoisotopic (exact) mass is 322 g/mol. The van der Waals surface area contributed by atoms with E-state index in [1.165, 1.54) is 0 Å². The van der Waals surface area contributed by atoms with Crippen molar-refractivity contribution in [3.05, 3.63) is 23.8 Å². The number of amides is 1. The molecule has 6 heteroatoms. The van der Waals surface area contributed by atoms with E-state index in [1.54, 1.807) is 14.2 Å². The highest BCUT2D eigenvalue weighted by atomic mass is 16.5. The predicted molar refractivity (Wildman–Crippen MR) is 88.0 cm³/mol. The van der Waals surface area contributed by atoms with Gasteiger partial charge in [-0.05, 0) is 31.5 Å². The molecule has 0 bridgehead atoms. The van der Waals surface area contributed by atoms with Crippen LogP contribution in [0.15, 0.2) is 18.2 Å². The fourth-order valence-corrected chi connectivity index (χ4v) is 2.65. The summed E-state index contributed by atoms with van der Waals surface area (Å²) in [6.45, 7) is 7.31. The maximum absolute atomic E-state index is 12.3. The van der Waals surface area contributed by atoms with Gasteiger partial charge in [-0.2, -0.15) is 0 Å². The molecule has 1 amide bonds. The predicted octanol–water partition coefficient (Wildman–Crippen LogP) is 1.39. The summed E-state index contributed by atoms with van der Waals surface area (Å²) in [5.74, 6) is 1.33. The minimum absolute atomic E-state index is 0.00619. The maximum atomic E-state index is 12.3. The molecule has 0 spiro atoms. The Labute approximate surface area is 137 Å². The fraction of sp³-hybridized carbons (Fsp3) is 0.588. The normalized spacial score (nSPS) is 16.0. The second-order valence-electron chi connectivity index (χ2n) is 6.13. The van der Waals surface area contributed by atoms with E-state index in [-0.39, 0.29) is 5.91 Å². The molecule has 0 radical (unpaired) electrons. The number of carbonyl (C=O) groups is 1. The molecule has 1 saturated heterocycles. The third-order valence-electron chi connectivity index (χ3n) is 4.03. The number of rotatable bonds is 6. The second-order valence-corrected chi connectivity index (χ2v) is 6.13. The molecular formula is C17H26N2O4. The van der Waals surface area contributed by atoms with Crippen LogP contribution in [-0.2, 0) is 15.1 Å². The van der Waals surface area contributed by atoms with Crippen molar-refractivity contribution >= 4 is 5.91 Å². The van der Waals surface area contributed by atoms with Gasteiger partial charge in [0.2, 0.25) is 5.91 Å². The van der Waals surface area contributed by atoms with E-state index in [1.807, 2.05) is 32.0 Å². The fourth-order valence-electron chi connectivity index (χ4n) is 2.65. The Balaban J connectivity index is 2.03. The number of hydrogen-bond donors (Lipinski definition) is 1. The van der Waals surface area contributed by atoms with Crippen molar-refractivity contribution in [2.45, 2.75) is 19.4 Å². The Hall–Kier alpha value is -1.79. The van der Waals surface area contributed by atoms with Gasteiger partial charge in [-0.1, -0.05) is 6.07 Å². The summed E-state index contributed by atoms with van der Waals surface area (Å²) in [5.41, 5.74) is 0.466. The van der Waals surface area contributed by atoms with Gasteiger partial charge in [-0.15, -0.1) is 0 Å². The van der Waals surface area contributed by atoms with Gasteiger partial charge in [0.25, 0.3) is 0 Å². The van der Waals surface area contributed by atoms with E-state index < -0.39 is 5.54 Å². The van der Waals surface area contributed by atoms with E-state index in [0.29, 0.717) is 31.3 Å². The van der Waals surface area contributed by atoms with Crippen molar-refractivity contribution in [2.24, 2.45) is 0 Å². The van der Waals surface area contributed by atoms with Gasteiger partial charge in [0.15, 0.2) is 11.5 Å². The molecule has 1 aliphatic rings. The minimum Gasteiger partial charge on any atom is -0.493 e. The van der Waals surface area contributed by atoms with E-state index in [9.17, 15) is 4.79 Å². The number of carbonyl (C=O) groups excluding carboxylic acids is 1. The lowest BCUT2D eigenvalue weighted by atomic mass is 9.93. The van der Waals surface area contributed by atoms with E-state index in [4.69, 9.17) is 14.2 Å². The molecule has 0 aliphatic carbocycles. The number of nitrogens with one attached hydrogen (secondary N) is 1. The van der Waals surface area contributed by atoms with Crippen LogP contribution in [0, 0.1) is 0 Å². The third kappa shape index (κ3) is 4.59. The number of morpholine rings is 1. The van der Waals surface area contributed by atoms with Crippen LogP contribution < -0.4 is 14.8 Å². The van der Waals surface area contributed by atoms with Gasteiger partial charge in [0.1, 0.15) is 0 Å². The highest BCUT2D eigenvalue weighted by Gasteiger charge is 2.25. The Morgan fingerprint density at radius 2 is 1.87 bits per heavy atom. The van der Waals surface area contributed by atoms with Crippen LogP contribution in [0.1, 0.15) is 19.4 Å². The zero-order chi connectivity index (χ0) is 16.9. The number of ether oxygens (including phenoxy) is 3. The molecule has 1 aromatic rings. The van der Waals surface area contributed by atoms with Crippen LogP contribution >= 0.6 is 0 Å². The molecule has 128 valence electrons. The number of methoxy groups -OCH3 is 2. The smallest absolute Gasteiger partial charge is 0.234 e. The van der Waals surface area contributed by atoms with Crippen molar-refractivity contribution in [1.82, 2.24) is 10.2 Å². The molecule has 6 nitrogen and oxygen atoms in total. The molecule has 1 aliphatic heterocycles. The summed E-state index contributed by atoms with van der Waals surface area (Å²) in [6, 6.07) is 5.69. The molecule has 0 aromatic heterocycles. The van der Waals surface area contributed by atoms with Crippen molar-refractivity contribution < 1.29 is 19.0 Å². The first kappa shape index (κ1) is 17.6. The number of nitrogens with zero attached hydrogens (tertiary/aromatic N) is 1. The zero-order valence-electron chi connectivity index (χ0n) is 14.3. The van der Waals surface area contributed by atoms with Crippen molar-refractivity contribution in [1.29, 1.82) is 0 Å². The first-order valence-electron chi connectivity index (χ1n) is 7.80. The Morgan fingerprint density at radius 3 is 2.48 bits per heavy atom. The standard InChI is InChI=1S/C17H26N2O4/c1-17(2,13-5-6-14(21-3)15(11-13)22-4)18-16(20)12-19-7-9-23-10-8-19/h5-6,11H,7-10,12H2,1-4H3,(H,18,20). The lowest BCUT2D eigenvalue weighted by Crippen LogP contribution is -2.48. The molecule has 1 heterocycles. The molecule has 0 atom stereocenters. The summed E-state index contributed by atoms with van der Waals surface area (Å²) >= 11 is 0. The molecule has 0 unspecified atom stereocenters. The summed E-state index contributed by atoms with van der Waals surface area (Å²) in [4.78, 5) is 14.4. The van der Waals surface area contributed by atoms with E-state index in [0.717, 1.165) is 18.7 Å². The molecular weight excluding hydrogens is 296 g/mol. The molecule has 2 rings (SSSR count). The summed E-state index contributed by atoms with van der Waals surface area (Å²) in [7, 11) is 3.21. The Bertz CT molecular complexity index is 539. The van der Waals surface area contributed by atoms with Gasteiger partial charge in [-0.3, -0.25) is 9.69 Å². The third-order valence-corrected chi connectivity index (χ3v) is 4.03. The Kier molecular flexibility index (Phi) is 5.85. The summed E-state index contributed by atoms with van der Waals surface area (Å²) in [5, 5.41) is 3.09. The van der Waals surface area contributed by atoms with Gasteiger partial charge in [-0.25, -0.2) is 0 Å². The van der Waals surface area contributed by atoms with E-state index in [2.05, 4.69) is 10.2 Å². The number of hydrogen-bond acceptors (Lipinski definition) is 5. The zero-order valence-corrected chi connectivity index (χ0v) is 14.3. The molecule has 23 heavy (non-hydrogen) atoms. The minimum atomic E-state index is -0.497. The SMILES string of the molecule is COc1ccc(C(C)(C)NC(=O)CN2CCOCC2)cc1OC. The first-order chi connectivity index (χ1) is 11.0. The first-order valence-corrected chi connectivity index (χ1v) is 7.80. The largest absolute Gasteiger partial charge is 0.493 e. The van der Waals surface area contributed by atoms with Crippen LogP contribution in [0.3, 0.4) is 0 Å². The van der Waals surface area contributed by atoms with Gasteiger partial charge in [0, 0.05) is 13.1 Å². The van der Waals surface area contributed by atoms with Crippen molar-refractivity contribution in [2.75, 3.05) is 47.1 Å². The van der Waals surface area contributed by atoms with Crippen LogP contribution in [0.2, 0.25) is 0 Å². The summed E-state index contributed by atoms with van der Waals surface area (Å²) < 4.78 is 15.9. The van der Waals surface area contributed by atoms with Crippen LogP contribution in [0.4, 0.5) is 0 Å². The second kappa shape index (κ2) is 7.66. The lowest BCUT2D eigenvalue weighted by Gasteiger charge is -2.30. The van der Waals surface area contributed by atoms with Gasteiger partial charge >= 0.3 is 0 Å². The van der Waals surface area contributed by atoms with Crippen LogP contribution in [-0.4, -0.2) is 57.9 Å². The van der Waals surface area contributed by atoms with E-state index >= 15 is 0 Å². The topological polar surface area (TPSA) is 60.0 Å². The highest BCUT2D eigenvalue weighted by Crippen LogP contribution is 2.32. The van der Waals surface area contributed by atoms with Gasteiger partial charge < -0.3 is 19.5 Å². The van der Waals surface area contributed by atoms with Gasteiger partial charge in [0.05, 0.1) is 39.5 Å². The Morgan fingerprint density at radius 1 is 1.22 bits per heavy atom. The average molecular weight is 322 g/mol. The maximum Gasteiger partial charge on any atom is 0.234 e. The molecule has 0 saturated carbocycles.